The summed E-state index contributed by atoms with van der Waals surface area (Å²) >= 11 is 1.65. The fourth-order valence-corrected chi connectivity index (χ4v) is 2.75. The summed E-state index contributed by atoms with van der Waals surface area (Å²) in [6.07, 6.45) is 4.16. The first-order chi connectivity index (χ1) is 8.79. The molecular formula is C15H13NOS. The first-order valence-corrected chi connectivity index (χ1v) is 6.92. The molecule has 1 N–H and O–H groups in total. The summed E-state index contributed by atoms with van der Waals surface area (Å²) in [5.74, 6) is 0.304. The van der Waals surface area contributed by atoms with E-state index in [0.29, 0.717) is 5.75 Å². The quantitative estimate of drug-likeness (QED) is 0.744. The summed E-state index contributed by atoms with van der Waals surface area (Å²) in [4.78, 5) is 0. The number of fused-ring (bicyclic) bond motifs is 1. The maximum atomic E-state index is 9.67. The van der Waals surface area contributed by atoms with E-state index in [4.69, 9.17) is 0 Å². The van der Waals surface area contributed by atoms with E-state index in [-0.39, 0.29) is 0 Å². The van der Waals surface area contributed by atoms with Crippen molar-refractivity contribution in [3.8, 4) is 16.9 Å². The second kappa shape index (κ2) is 4.42. The van der Waals surface area contributed by atoms with Gasteiger partial charge in [0.25, 0.3) is 0 Å². The molecule has 1 aromatic heterocycles. The van der Waals surface area contributed by atoms with Gasteiger partial charge in [0.05, 0.1) is 5.52 Å². The van der Waals surface area contributed by atoms with Crippen LogP contribution in [0.15, 0.2) is 54.7 Å². The Labute approximate surface area is 110 Å². The van der Waals surface area contributed by atoms with Crippen molar-refractivity contribution in [3.05, 3.63) is 54.7 Å². The molecule has 2 nitrogen and oxygen atoms in total. The number of benzene rings is 2. The standard InChI is InChI=1S/C15H13NOS/c1-18-16-10-14(11-5-3-2-4-6-11)13-9-12(17)7-8-15(13)16/h2-10,17H,1H3. The van der Waals surface area contributed by atoms with Crippen LogP contribution >= 0.6 is 11.9 Å². The second-order valence-electron chi connectivity index (χ2n) is 4.12. The van der Waals surface area contributed by atoms with E-state index in [1.807, 2.05) is 36.6 Å². The molecule has 0 saturated heterocycles. The highest BCUT2D eigenvalue weighted by Crippen LogP contribution is 2.34. The van der Waals surface area contributed by atoms with Gasteiger partial charge in [0, 0.05) is 23.4 Å². The van der Waals surface area contributed by atoms with Gasteiger partial charge in [-0.25, -0.2) is 0 Å². The van der Waals surface area contributed by atoms with Crippen molar-refractivity contribution in [3.63, 3.8) is 0 Å². The Hall–Kier alpha value is -1.87. The van der Waals surface area contributed by atoms with E-state index in [0.717, 1.165) is 16.5 Å². The molecule has 0 radical (unpaired) electrons. The van der Waals surface area contributed by atoms with Gasteiger partial charge in [0.1, 0.15) is 5.75 Å². The summed E-state index contributed by atoms with van der Waals surface area (Å²) in [7, 11) is 0. The Morgan fingerprint density at radius 1 is 1.06 bits per heavy atom. The number of nitrogens with zero attached hydrogens (tertiary/aromatic N) is 1. The van der Waals surface area contributed by atoms with Crippen molar-refractivity contribution in [2.24, 2.45) is 0 Å². The van der Waals surface area contributed by atoms with Crippen LogP contribution in [0.4, 0.5) is 0 Å². The highest BCUT2D eigenvalue weighted by molar-refractivity contribution is 7.97. The molecule has 0 spiro atoms. The molecule has 0 amide bonds. The topological polar surface area (TPSA) is 25.2 Å². The SMILES string of the molecule is CSn1cc(-c2ccccc2)c2cc(O)ccc21. The number of rotatable bonds is 2. The van der Waals surface area contributed by atoms with Gasteiger partial charge in [-0.1, -0.05) is 30.3 Å². The predicted octanol–water partition coefficient (Wildman–Crippen LogP) is 4.14. The van der Waals surface area contributed by atoms with Crippen LogP contribution in [0.1, 0.15) is 0 Å². The molecule has 0 bridgehead atoms. The summed E-state index contributed by atoms with van der Waals surface area (Å²) in [6, 6.07) is 15.7. The van der Waals surface area contributed by atoms with Crippen molar-refractivity contribution in [1.29, 1.82) is 0 Å². The molecule has 3 heteroatoms. The van der Waals surface area contributed by atoms with E-state index in [9.17, 15) is 5.11 Å². The Bertz CT molecular complexity index is 688. The fraction of sp³-hybridized carbons (Fsp3) is 0.0667. The zero-order valence-corrected chi connectivity index (χ0v) is 10.8. The van der Waals surface area contributed by atoms with Crippen LogP contribution in [-0.4, -0.2) is 15.3 Å². The van der Waals surface area contributed by atoms with E-state index >= 15 is 0 Å². The summed E-state index contributed by atoms with van der Waals surface area (Å²) in [6.45, 7) is 0. The zero-order valence-electron chi connectivity index (χ0n) is 10.00. The molecule has 0 unspecified atom stereocenters. The molecule has 0 aliphatic carbocycles. The summed E-state index contributed by atoms with van der Waals surface area (Å²) in [5, 5.41) is 10.7. The third-order valence-corrected chi connectivity index (χ3v) is 3.73. The van der Waals surface area contributed by atoms with Gasteiger partial charge in [-0.2, -0.15) is 0 Å². The number of hydrogen-bond donors (Lipinski definition) is 1. The third kappa shape index (κ3) is 1.77. The summed E-state index contributed by atoms with van der Waals surface area (Å²) < 4.78 is 2.12. The number of phenolic OH excluding ortho intramolecular Hbond substituents is 1. The minimum Gasteiger partial charge on any atom is -0.508 e. The number of phenols is 1. The second-order valence-corrected chi connectivity index (χ2v) is 4.88. The monoisotopic (exact) mass is 255 g/mol. The minimum atomic E-state index is 0.304. The highest BCUT2D eigenvalue weighted by Gasteiger charge is 2.10. The lowest BCUT2D eigenvalue weighted by Crippen LogP contribution is -1.79. The minimum absolute atomic E-state index is 0.304. The van der Waals surface area contributed by atoms with Gasteiger partial charge in [-0.05, 0) is 35.7 Å². The maximum absolute atomic E-state index is 9.67. The average molecular weight is 255 g/mol. The van der Waals surface area contributed by atoms with Crippen molar-refractivity contribution in [2.75, 3.05) is 6.26 Å². The third-order valence-electron chi connectivity index (χ3n) is 3.04. The van der Waals surface area contributed by atoms with Crippen molar-refractivity contribution in [1.82, 2.24) is 3.97 Å². The maximum Gasteiger partial charge on any atom is 0.116 e. The molecule has 0 atom stereocenters. The Morgan fingerprint density at radius 2 is 1.83 bits per heavy atom. The van der Waals surface area contributed by atoms with Crippen LogP contribution in [0.3, 0.4) is 0 Å². The van der Waals surface area contributed by atoms with Crippen LogP contribution in [0.2, 0.25) is 0 Å². The first-order valence-electron chi connectivity index (χ1n) is 5.73. The Kier molecular flexibility index (Phi) is 2.76. The average Bonchev–Trinajstić information content (AvgIpc) is 2.77. The lowest BCUT2D eigenvalue weighted by Gasteiger charge is -1.99. The van der Waals surface area contributed by atoms with E-state index in [1.165, 1.54) is 5.56 Å². The van der Waals surface area contributed by atoms with Crippen molar-refractivity contribution < 1.29 is 5.11 Å². The van der Waals surface area contributed by atoms with Crippen molar-refractivity contribution in [2.45, 2.75) is 0 Å². The molecule has 0 fully saturated rings. The molecule has 18 heavy (non-hydrogen) atoms. The molecular weight excluding hydrogens is 242 g/mol. The van der Waals surface area contributed by atoms with Gasteiger partial charge >= 0.3 is 0 Å². The predicted molar refractivity (Wildman–Crippen MR) is 78.0 cm³/mol. The van der Waals surface area contributed by atoms with Crippen LogP contribution in [0.25, 0.3) is 22.0 Å². The fourth-order valence-electron chi connectivity index (χ4n) is 2.19. The molecule has 3 aromatic rings. The van der Waals surface area contributed by atoms with Gasteiger partial charge in [-0.15, -0.1) is 0 Å². The summed E-state index contributed by atoms with van der Waals surface area (Å²) in [5.41, 5.74) is 3.44. The van der Waals surface area contributed by atoms with Crippen LogP contribution in [0, 0.1) is 0 Å². The number of aromatic nitrogens is 1. The van der Waals surface area contributed by atoms with Crippen LogP contribution < -0.4 is 0 Å². The normalized spacial score (nSPS) is 10.9. The molecule has 0 saturated carbocycles. The smallest absolute Gasteiger partial charge is 0.116 e. The molecule has 3 rings (SSSR count). The molecule has 0 aliphatic rings. The van der Waals surface area contributed by atoms with E-state index < -0.39 is 0 Å². The first kappa shape index (κ1) is 11.2. The molecule has 2 aromatic carbocycles. The lowest BCUT2D eigenvalue weighted by molar-refractivity contribution is 0.476. The van der Waals surface area contributed by atoms with E-state index in [2.05, 4.69) is 22.3 Å². The molecule has 90 valence electrons. The van der Waals surface area contributed by atoms with Gasteiger partial charge in [0.15, 0.2) is 0 Å². The van der Waals surface area contributed by atoms with Crippen LogP contribution in [0.5, 0.6) is 5.75 Å². The molecule has 0 aliphatic heterocycles. The highest BCUT2D eigenvalue weighted by atomic mass is 32.2. The zero-order chi connectivity index (χ0) is 12.5. The van der Waals surface area contributed by atoms with Gasteiger partial charge < -0.3 is 5.11 Å². The largest absolute Gasteiger partial charge is 0.508 e. The van der Waals surface area contributed by atoms with Crippen molar-refractivity contribution >= 4 is 22.9 Å². The number of aromatic hydroxyl groups is 1. The lowest BCUT2D eigenvalue weighted by atomic mass is 10.1. The van der Waals surface area contributed by atoms with Gasteiger partial charge in [0.2, 0.25) is 0 Å². The number of hydrogen-bond acceptors (Lipinski definition) is 2. The Morgan fingerprint density at radius 3 is 2.56 bits per heavy atom. The van der Waals surface area contributed by atoms with Crippen LogP contribution in [-0.2, 0) is 0 Å². The van der Waals surface area contributed by atoms with Gasteiger partial charge in [-0.3, -0.25) is 3.97 Å². The Balaban J connectivity index is 2.32. The van der Waals surface area contributed by atoms with E-state index in [1.54, 1.807) is 18.0 Å². The molecule has 1 heterocycles.